The molecule has 3 atom stereocenters. The van der Waals surface area contributed by atoms with Gasteiger partial charge in [-0.1, -0.05) is 24.3 Å². The first-order chi connectivity index (χ1) is 6.29. The third kappa shape index (κ3) is 0.879. The molecule has 2 nitrogen and oxygen atoms in total. The number of allylic oxidation sites excluding steroid dienone is 3. The lowest BCUT2D eigenvalue weighted by molar-refractivity contribution is -0.138. The van der Waals surface area contributed by atoms with E-state index in [2.05, 4.69) is 12.2 Å². The van der Waals surface area contributed by atoms with Crippen molar-refractivity contribution in [2.75, 3.05) is 0 Å². The fourth-order valence-corrected chi connectivity index (χ4v) is 3.62. The summed E-state index contributed by atoms with van der Waals surface area (Å²) in [5, 5.41) is 9.33. The first kappa shape index (κ1) is 7.44. The number of fused-ring (bicyclic) bond motifs is 2. The van der Waals surface area contributed by atoms with Crippen molar-refractivity contribution in [3.63, 3.8) is 0 Å². The van der Waals surface area contributed by atoms with Crippen molar-refractivity contribution >= 4 is 17.7 Å². The second-order valence-electron chi connectivity index (χ2n) is 3.47. The Morgan fingerprint density at radius 1 is 1.38 bits per heavy atom. The Balaban J connectivity index is 1.86. The molecule has 13 heavy (non-hydrogen) atoms. The zero-order valence-electron chi connectivity index (χ0n) is 6.81. The SMILES string of the molecule is O=C(O)C1C2=C1C1C=CC=CC1S2. The van der Waals surface area contributed by atoms with Crippen LogP contribution in [-0.4, -0.2) is 16.3 Å². The Hall–Kier alpha value is -0.960. The van der Waals surface area contributed by atoms with Crippen molar-refractivity contribution in [3.05, 3.63) is 34.8 Å². The Kier molecular flexibility index (Phi) is 1.31. The molecule has 0 aromatic heterocycles. The molecule has 0 fully saturated rings. The minimum Gasteiger partial charge on any atom is -0.481 e. The summed E-state index contributed by atoms with van der Waals surface area (Å²) in [6.07, 6.45) is 8.31. The van der Waals surface area contributed by atoms with Gasteiger partial charge in [0, 0.05) is 16.1 Å². The lowest BCUT2D eigenvalue weighted by Crippen LogP contribution is -2.18. The van der Waals surface area contributed by atoms with E-state index in [9.17, 15) is 4.79 Å². The maximum atomic E-state index is 10.8. The van der Waals surface area contributed by atoms with Crippen LogP contribution in [-0.2, 0) is 4.79 Å². The van der Waals surface area contributed by atoms with Crippen LogP contribution in [0.3, 0.4) is 0 Å². The molecule has 3 rings (SSSR count). The Morgan fingerprint density at radius 2 is 2.15 bits per heavy atom. The van der Waals surface area contributed by atoms with Crippen molar-refractivity contribution in [2.24, 2.45) is 11.8 Å². The molecular formula is C10H8O2S. The standard InChI is InChI=1S/C10H8O2S/c11-10(12)8-7-5-3-1-2-4-6(5)13-9(7)8/h1-6,8H,(H,11,12). The van der Waals surface area contributed by atoms with Crippen LogP contribution in [0.25, 0.3) is 0 Å². The molecule has 3 aliphatic rings. The van der Waals surface area contributed by atoms with Crippen molar-refractivity contribution in [2.45, 2.75) is 5.25 Å². The molecule has 66 valence electrons. The Morgan fingerprint density at radius 3 is 2.92 bits per heavy atom. The van der Waals surface area contributed by atoms with Crippen LogP contribution in [0, 0.1) is 11.8 Å². The molecular weight excluding hydrogens is 184 g/mol. The van der Waals surface area contributed by atoms with E-state index in [1.165, 1.54) is 0 Å². The van der Waals surface area contributed by atoms with E-state index < -0.39 is 5.97 Å². The highest BCUT2D eigenvalue weighted by molar-refractivity contribution is 8.04. The third-order valence-electron chi connectivity index (χ3n) is 2.73. The van der Waals surface area contributed by atoms with Crippen LogP contribution in [0.1, 0.15) is 0 Å². The molecule has 0 saturated carbocycles. The molecule has 3 unspecified atom stereocenters. The largest absolute Gasteiger partial charge is 0.481 e. The Bertz CT molecular complexity index is 378. The van der Waals surface area contributed by atoms with Gasteiger partial charge in [-0.3, -0.25) is 4.79 Å². The highest BCUT2D eigenvalue weighted by Crippen LogP contribution is 2.62. The number of hydrogen-bond donors (Lipinski definition) is 1. The molecule has 0 aromatic carbocycles. The van der Waals surface area contributed by atoms with E-state index in [0.717, 1.165) is 10.5 Å². The summed E-state index contributed by atoms with van der Waals surface area (Å²) in [5.74, 6) is -0.549. The predicted octanol–water partition coefficient (Wildman–Crippen LogP) is 1.81. The van der Waals surface area contributed by atoms with Crippen LogP contribution < -0.4 is 0 Å². The minimum absolute atomic E-state index is 0.234. The topological polar surface area (TPSA) is 37.3 Å². The summed E-state index contributed by atoms with van der Waals surface area (Å²) in [6.45, 7) is 0. The van der Waals surface area contributed by atoms with Gasteiger partial charge in [0.2, 0.25) is 0 Å². The Labute approximate surface area is 80.0 Å². The van der Waals surface area contributed by atoms with Gasteiger partial charge in [0.05, 0.1) is 0 Å². The van der Waals surface area contributed by atoms with Gasteiger partial charge in [0.15, 0.2) is 0 Å². The highest BCUT2D eigenvalue weighted by atomic mass is 32.2. The van der Waals surface area contributed by atoms with Gasteiger partial charge in [0.25, 0.3) is 0 Å². The number of aliphatic carboxylic acids is 1. The summed E-state index contributed by atoms with van der Waals surface area (Å²) in [7, 11) is 0. The van der Waals surface area contributed by atoms with Crippen LogP contribution in [0.4, 0.5) is 0 Å². The molecule has 1 N–H and O–H groups in total. The summed E-state index contributed by atoms with van der Waals surface area (Å²) in [5.41, 5.74) is 1.16. The van der Waals surface area contributed by atoms with Gasteiger partial charge in [-0.05, 0) is 5.57 Å². The second kappa shape index (κ2) is 2.29. The number of rotatable bonds is 1. The quantitative estimate of drug-likeness (QED) is 0.688. The molecule has 0 saturated heterocycles. The van der Waals surface area contributed by atoms with Crippen LogP contribution in [0.5, 0.6) is 0 Å². The van der Waals surface area contributed by atoms with Crippen molar-refractivity contribution in [1.82, 2.24) is 0 Å². The number of thioether (sulfide) groups is 1. The zero-order valence-corrected chi connectivity index (χ0v) is 7.62. The number of hydrogen-bond acceptors (Lipinski definition) is 2. The van der Waals surface area contributed by atoms with Gasteiger partial charge in [-0.25, -0.2) is 0 Å². The van der Waals surface area contributed by atoms with Crippen LogP contribution >= 0.6 is 11.8 Å². The predicted molar refractivity (Wildman–Crippen MR) is 51.3 cm³/mol. The lowest BCUT2D eigenvalue weighted by atomic mass is 9.95. The fraction of sp³-hybridized carbons (Fsp3) is 0.300. The van der Waals surface area contributed by atoms with E-state index in [1.54, 1.807) is 11.8 Å². The average Bonchev–Trinajstić information content (AvgIpc) is 2.71. The molecule has 3 heteroatoms. The van der Waals surface area contributed by atoms with E-state index in [4.69, 9.17) is 5.11 Å². The van der Waals surface area contributed by atoms with Crippen molar-refractivity contribution in [1.29, 1.82) is 0 Å². The van der Waals surface area contributed by atoms with E-state index >= 15 is 0 Å². The monoisotopic (exact) mass is 192 g/mol. The summed E-state index contributed by atoms with van der Waals surface area (Å²) in [4.78, 5) is 11.9. The smallest absolute Gasteiger partial charge is 0.315 e. The molecule has 0 aromatic rings. The highest BCUT2D eigenvalue weighted by Gasteiger charge is 2.53. The lowest BCUT2D eigenvalue weighted by Gasteiger charge is -2.20. The van der Waals surface area contributed by atoms with Crippen molar-refractivity contribution < 1.29 is 9.90 Å². The van der Waals surface area contributed by atoms with Crippen LogP contribution in [0.2, 0.25) is 0 Å². The second-order valence-corrected chi connectivity index (χ2v) is 4.69. The van der Waals surface area contributed by atoms with Gasteiger partial charge in [-0.2, -0.15) is 0 Å². The van der Waals surface area contributed by atoms with Crippen molar-refractivity contribution in [3.8, 4) is 0 Å². The maximum Gasteiger partial charge on any atom is 0.315 e. The number of carbonyl (C=O) groups is 1. The summed E-state index contributed by atoms with van der Waals surface area (Å²) < 4.78 is 0. The van der Waals surface area contributed by atoms with Gasteiger partial charge >= 0.3 is 5.97 Å². The van der Waals surface area contributed by atoms with Gasteiger partial charge in [0.1, 0.15) is 5.92 Å². The first-order valence-corrected chi connectivity index (χ1v) is 5.15. The number of carboxylic acid groups (broad SMARTS) is 1. The van der Waals surface area contributed by atoms with Gasteiger partial charge in [-0.15, -0.1) is 11.8 Å². The molecule has 0 spiro atoms. The molecule has 1 aliphatic heterocycles. The third-order valence-corrected chi connectivity index (χ3v) is 4.18. The molecule has 1 heterocycles. The zero-order chi connectivity index (χ0) is 9.00. The van der Waals surface area contributed by atoms with E-state index in [1.807, 2.05) is 12.2 Å². The fourth-order valence-electron chi connectivity index (χ4n) is 2.08. The molecule has 0 radical (unpaired) electrons. The minimum atomic E-state index is -0.682. The van der Waals surface area contributed by atoms with E-state index in [-0.39, 0.29) is 5.92 Å². The maximum absolute atomic E-state index is 10.8. The van der Waals surface area contributed by atoms with Gasteiger partial charge < -0.3 is 5.11 Å². The average molecular weight is 192 g/mol. The normalized spacial score (nSPS) is 38.9. The molecule has 0 amide bonds. The van der Waals surface area contributed by atoms with Crippen LogP contribution in [0.15, 0.2) is 34.8 Å². The summed E-state index contributed by atoms with van der Waals surface area (Å²) in [6, 6.07) is 0. The summed E-state index contributed by atoms with van der Waals surface area (Å²) >= 11 is 1.72. The number of carboxylic acids is 1. The first-order valence-electron chi connectivity index (χ1n) is 4.27. The molecule has 2 aliphatic carbocycles. The van der Waals surface area contributed by atoms with E-state index in [0.29, 0.717) is 11.2 Å². The molecule has 0 bridgehead atoms.